The van der Waals surface area contributed by atoms with E-state index in [-0.39, 0.29) is 29.8 Å². The summed E-state index contributed by atoms with van der Waals surface area (Å²) >= 11 is 0. The number of hydrogen-bond donors (Lipinski definition) is 0. The quantitative estimate of drug-likeness (QED) is 0.250. The second-order valence-electron chi connectivity index (χ2n) is 13.5. The molecule has 0 radical (unpaired) electrons. The van der Waals surface area contributed by atoms with Crippen LogP contribution in [0.15, 0.2) is 36.4 Å². The summed E-state index contributed by atoms with van der Waals surface area (Å²) in [5.74, 6) is 0.0566. The minimum absolute atomic E-state index is 0.152. The molecular weight excluding hydrogens is 585 g/mol. The first kappa shape index (κ1) is 30.5. The molecule has 2 aliphatic heterocycles. The number of hydrogen-bond acceptors (Lipinski definition) is 7. The maximum atomic E-state index is 13.4. The molecule has 4 fully saturated rings. The van der Waals surface area contributed by atoms with Gasteiger partial charge in [0, 0.05) is 29.7 Å². The highest BCUT2D eigenvalue weighted by atomic mass is 19.4. The molecule has 3 unspecified atom stereocenters. The maximum Gasteiger partial charge on any atom is 0.392 e. The van der Waals surface area contributed by atoms with Crippen molar-refractivity contribution in [2.24, 2.45) is 17.3 Å². The van der Waals surface area contributed by atoms with Crippen molar-refractivity contribution >= 4 is 17.0 Å². The van der Waals surface area contributed by atoms with Crippen molar-refractivity contribution in [2.45, 2.75) is 82.7 Å². The third-order valence-corrected chi connectivity index (χ3v) is 10.8. The number of pyridine rings is 1. The van der Waals surface area contributed by atoms with E-state index in [1.807, 2.05) is 24.3 Å². The zero-order chi connectivity index (χ0) is 31.2. The lowest BCUT2D eigenvalue weighted by Crippen LogP contribution is -2.37. The Labute approximate surface area is 261 Å². The molecular formula is C34H41F3N4O4. The number of imidazole rings is 1. The standard InChI is InChI=1S/C34H41F3N4O4/c1-43-32(42)23-5-6-28-29(17-23)41(19-25-11-16-44-25)30(38-28)20-40-14-9-22(10-15-40)27-3-2-4-31(39-27)45-21-33-12-7-24(18-33)26(8-13-33)34(35,36)37/h2-6,17,22,24-26H,7-16,18-21H2,1H3/t24?,25-,26?,33?/m0/s1. The number of halogens is 3. The van der Waals surface area contributed by atoms with Crippen LogP contribution in [0.2, 0.25) is 0 Å². The van der Waals surface area contributed by atoms with Gasteiger partial charge in [0.05, 0.1) is 55.4 Å². The highest BCUT2D eigenvalue weighted by Crippen LogP contribution is 2.57. The van der Waals surface area contributed by atoms with Gasteiger partial charge in [0.2, 0.25) is 5.88 Å². The van der Waals surface area contributed by atoms with Gasteiger partial charge in [-0.05, 0) is 94.6 Å². The summed E-state index contributed by atoms with van der Waals surface area (Å²) in [5.41, 5.74) is 3.14. The molecule has 0 amide bonds. The van der Waals surface area contributed by atoms with E-state index in [1.165, 1.54) is 7.11 Å². The molecule has 7 rings (SSSR count). The van der Waals surface area contributed by atoms with E-state index >= 15 is 0 Å². The van der Waals surface area contributed by atoms with Crippen molar-refractivity contribution in [1.82, 2.24) is 19.4 Å². The second kappa shape index (κ2) is 12.2. The summed E-state index contributed by atoms with van der Waals surface area (Å²) in [6, 6.07) is 11.4. The van der Waals surface area contributed by atoms with Crippen LogP contribution in [0.25, 0.3) is 11.0 Å². The molecule has 4 aliphatic rings. The van der Waals surface area contributed by atoms with Gasteiger partial charge in [-0.1, -0.05) is 6.07 Å². The number of rotatable bonds is 9. The molecule has 2 saturated carbocycles. The first-order valence-corrected chi connectivity index (χ1v) is 16.3. The SMILES string of the molecule is COC(=O)c1ccc2nc(CN3CCC(c4cccc(OCC56CCC(C5)C(C(F)(F)F)CC6)n4)CC3)n(C[C@@H]3CCO3)c2c1. The average Bonchev–Trinajstić information content (AvgIpc) is 3.53. The number of likely N-dealkylation sites (tertiary alicyclic amines) is 1. The molecule has 4 heterocycles. The van der Waals surface area contributed by atoms with Crippen LogP contribution in [0.1, 0.15) is 79.2 Å². The van der Waals surface area contributed by atoms with E-state index in [4.69, 9.17) is 24.2 Å². The highest BCUT2D eigenvalue weighted by molar-refractivity contribution is 5.93. The van der Waals surface area contributed by atoms with E-state index in [0.717, 1.165) is 67.9 Å². The first-order valence-electron chi connectivity index (χ1n) is 16.3. The summed E-state index contributed by atoms with van der Waals surface area (Å²) in [7, 11) is 1.39. The molecule has 4 atom stereocenters. The fraction of sp³-hybridized carbons (Fsp3) is 0.618. The van der Waals surface area contributed by atoms with Crippen LogP contribution >= 0.6 is 0 Å². The van der Waals surface area contributed by atoms with E-state index in [1.54, 1.807) is 6.07 Å². The number of esters is 1. The number of aromatic nitrogens is 3. The zero-order valence-corrected chi connectivity index (χ0v) is 25.7. The number of fused-ring (bicyclic) bond motifs is 3. The van der Waals surface area contributed by atoms with Gasteiger partial charge in [-0.15, -0.1) is 0 Å². The Morgan fingerprint density at radius 1 is 1.07 bits per heavy atom. The van der Waals surface area contributed by atoms with Gasteiger partial charge < -0.3 is 18.8 Å². The zero-order valence-electron chi connectivity index (χ0n) is 25.7. The molecule has 1 aromatic carbocycles. The van der Waals surface area contributed by atoms with Crippen molar-refractivity contribution in [2.75, 3.05) is 33.4 Å². The minimum atomic E-state index is -4.09. The Morgan fingerprint density at radius 3 is 2.60 bits per heavy atom. The molecule has 2 aromatic heterocycles. The number of methoxy groups -OCH3 is 1. The van der Waals surface area contributed by atoms with Gasteiger partial charge in [0.25, 0.3) is 0 Å². The first-order chi connectivity index (χ1) is 21.7. The van der Waals surface area contributed by atoms with Crippen LogP contribution in [0, 0.1) is 17.3 Å². The van der Waals surface area contributed by atoms with E-state index in [9.17, 15) is 18.0 Å². The van der Waals surface area contributed by atoms with Crippen LogP contribution in [0.4, 0.5) is 13.2 Å². The summed E-state index contributed by atoms with van der Waals surface area (Å²) in [4.78, 5) is 24.4. The second-order valence-corrected chi connectivity index (χ2v) is 13.5. The fourth-order valence-corrected chi connectivity index (χ4v) is 8.08. The fourth-order valence-electron chi connectivity index (χ4n) is 8.08. The number of piperidine rings is 1. The Balaban J connectivity index is 0.973. The maximum absolute atomic E-state index is 13.4. The molecule has 2 aliphatic carbocycles. The van der Waals surface area contributed by atoms with Crippen LogP contribution in [-0.2, 0) is 22.6 Å². The smallest absolute Gasteiger partial charge is 0.392 e. The van der Waals surface area contributed by atoms with Crippen LogP contribution in [-0.4, -0.2) is 71.1 Å². The summed E-state index contributed by atoms with van der Waals surface area (Å²) in [6.07, 6.45) is 1.80. The van der Waals surface area contributed by atoms with E-state index in [2.05, 4.69) is 15.5 Å². The monoisotopic (exact) mass is 626 g/mol. The molecule has 0 N–H and O–H groups in total. The largest absolute Gasteiger partial charge is 0.477 e. The number of carbonyl (C=O) groups is 1. The van der Waals surface area contributed by atoms with Crippen molar-refractivity contribution in [3.8, 4) is 5.88 Å². The van der Waals surface area contributed by atoms with Crippen LogP contribution in [0.5, 0.6) is 5.88 Å². The number of ether oxygens (including phenoxy) is 3. The lowest BCUT2D eigenvalue weighted by Gasteiger charge is -2.37. The molecule has 2 bridgehead atoms. The normalized spacial score (nSPS) is 27.4. The minimum Gasteiger partial charge on any atom is -0.477 e. The Bertz CT molecular complexity index is 1530. The Kier molecular flexibility index (Phi) is 8.27. The van der Waals surface area contributed by atoms with Crippen molar-refractivity contribution in [3.05, 3.63) is 53.5 Å². The third-order valence-electron chi connectivity index (χ3n) is 10.8. The molecule has 8 nitrogen and oxygen atoms in total. The Morgan fingerprint density at radius 2 is 1.87 bits per heavy atom. The number of carbonyl (C=O) groups excluding carboxylic acids is 1. The summed E-state index contributed by atoms with van der Waals surface area (Å²) in [6.45, 7) is 4.43. The van der Waals surface area contributed by atoms with Gasteiger partial charge in [0.15, 0.2) is 0 Å². The molecule has 3 aromatic rings. The Hall–Kier alpha value is -3.18. The van der Waals surface area contributed by atoms with Gasteiger partial charge in [-0.3, -0.25) is 4.90 Å². The average molecular weight is 627 g/mol. The lowest BCUT2D eigenvalue weighted by molar-refractivity contribution is -0.197. The van der Waals surface area contributed by atoms with E-state index in [0.29, 0.717) is 56.3 Å². The van der Waals surface area contributed by atoms with E-state index < -0.39 is 12.1 Å². The van der Waals surface area contributed by atoms with Gasteiger partial charge in [-0.2, -0.15) is 13.2 Å². The number of alkyl halides is 3. The topological polar surface area (TPSA) is 78.7 Å². The lowest BCUT2D eigenvalue weighted by atomic mass is 9.71. The molecule has 11 heteroatoms. The molecule has 45 heavy (non-hydrogen) atoms. The van der Waals surface area contributed by atoms with Crippen LogP contribution < -0.4 is 4.74 Å². The molecule has 2 saturated heterocycles. The number of benzene rings is 1. The molecule has 242 valence electrons. The van der Waals surface area contributed by atoms with Gasteiger partial charge >= 0.3 is 12.1 Å². The van der Waals surface area contributed by atoms with Gasteiger partial charge in [-0.25, -0.2) is 14.8 Å². The van der Waals surface area contributed by atoms with Crippen molar-refractivity contribution < 1.29 is 32.2 Å². The highest BCUT2D eigenvalue weighted by Gasteiger charge is 2.54. The summed E-state index contributed by atoms with van der Waals surface area (Å²) in [5, 5.41) is 0. The predicted molar refractivity (Wildman–Crippen MR) is 161 cm³/mol. The molecule has 0 spiro atoms. The number of nitrogens with zero attached hydrogens (tertiary/aromatic N) is 4. The predicted octanol–water partition coefficient (Wildman–Crippen LogP) is 6.52. The van der Waals surface area contributed by atoms with Crippen molar-refractivity contribution in [1.29, 1.82) is 0 Å². The van der Waals surface area contributed by atoms with Gasteiger partial charge in [0.1, 0.15) is 5.82 Å². The third kappa shape index (κ3) is 6.30. The van der Waals surface area contributed by atoms with Crippen LogP contribution in [0.3, 0.4) is 0 Å². The summed E-state index contributed by atoms with van der Waals surface area (Å²) < 4.78 is 59.4. The van der Waals surface area contributed by atoms with Crippen molar-refractivity contribution in [3.63, 3.8) is 0 Å².